The predicted molar refractivity (Wildman–Crippen MR) is 60.6 cm³/mol. The molecule has 0 aromatic carbocycles. The zero-order valence-corrected chi connectivity index (χ0v) is 9.08. The van der Waals surface area contributed by atoms with Crippen molar-refractivity contribution < 1.29 is 0 Å². The molecule has 0 aliphatic heterocycles. The van der Waals surface area contributed by atoms with Crippen molar-refractivity contribution >= 4 is 0 Å². The first-order valence-electron chi connectivity index (χ1n) is 5.36. The Hall–Kier alpha value is -1.75. The molecule has 5 heteroatoms. The first-order valence-corrected chi connectivity index (χ1v) is 5.36. The van der Waals surface area contributed by atoms with E-state index < -0.39 is 0 Å². The molecule has 1 N–H and O–H groups in total. The minimum atomic E-state index is 0.776. The summed E-state index contributed by atoms with van der Waals surface area (Å²) in [6.07, 6.45) is 11.9. The Balaban J connectivity index is 1.59. The molecule has 5 nitrogen and oxygen atoms in total. The molecule has 0 spiro atoms. The number of rotatable bonds is 6. The van der Waals surface area contributed by atoms with Gasteiger partial charge in [0.2, 0.25) is 0 Å². The number of hydrogen-bond acceptors (Lipinski definition) is 4. The van der Waals surface area contributed by atoms with Crippen molar-refractivity contribution in [1.82, 2.24) is 24.8 Å². The molecule has 0 saturated heterocycles. The molecule has 2 rings (SSSR count). The first-order chi connectivity index (χ1) is 7.95. The van der Waals surface area contributed by atoms with E-state index in [1.165, 1.54) is 0 Å². The second-order valence-corrected chi connectivity index (χ2v) is 3.53. The summed E-state index contributed by atoms with van der Waals surface area (Å²) in [6, 6.07) is 0. The summed E-state index contributed by atoms with van der Waals surface area (Å²) in [5.41, 5.74) is 0.977. The molecule has 16 heavy (non-hydrogen) atoms. The van der Waals surface area contributed by atoms with Gasteiger partial charge >= 0.3 is 0 Å². The average Bonchev–Trinajstić information content (AvgIpc) is 2.83. The van der Waals surface area contributed by atoms with Gasteiger partial charge in [-0.3, -0.25) is 9.97 Å². The third-order valence-corrected chi connectivity index (χ3v) is 2.25. The van der Waals surface area contributed by atoms with E-state index in [1.807, 2.05) is 12.5 Å². The Bertz CT molecular complexity index is 384. The molecule has 0 fully saturated rings. The molecule has 0 aliphatic carbocycles. The molecule has 0 saturated carbocycles. The molecule has 0 atom stereocenters. The van der Waals surface area contributed by atoms with Crippen LogP contribution >= 0.6 is 0 Å². The van der Waals surface area contributed by atoms with Crippen molar-refractivity contribution in [2.24, 2.45) is 0 Å². The van der Waals surface area contributed by atoms with Crippen LogP contribution in [0.25, 0.3) is 0 Å². The first kappa shape index (κ1) is 10.8. The molecule has 0 amide bonds. The molecule has 2 aromatic rings. The summed E-state index contributed by atoms with van der Waals surface area (Å²) in [5, 5.41) is 3.33. The molecule has 84 valence electrons. The van der Waals surface area contributed by atoms with Gasteiger partial charge in [-0.2, -0.15) is 0 Å². The lowest BCUT2D eigenvalue weighted by atomic mass is 10.4. The van der Waals surface area contributed by atoms with Crippen molar-refractivity contribution in [2.45, 2.75) is 19.5 Å². The Morgan fingerprint density at radius 3 is 2.94 bits per heavy atom. The quantitative estimate of drug-likeness (QED) is 0.729. The zero-order valence-electron chi connectivity index (χ0n) is 9.08. The lowest BCUT2D eigenvalue weighted by Gasteiger charge is -2.04. The van der Waals surface area contributed by atoms with E-state index in [-0.39, 0.29) is 0 Å². The summed E-state index contributed by atoms with van der Waals surface area (Å²) < 4.78 is 2.07. The van der Waals surface area contributed by atoms with Crippen molar-refractivity contribution in [3.63, 3.8) is 0 Å². The van der Waals surface area contributed by atoms with Gasteiger partial charge < -0.3 is 9.88 Å². The molecule has 0 unspecified atom stereocenters. The minimum absolute atomic E-state index is 0.776. The number of hydrogen-bond donors (Lipinski definition) is 1. The van der Waals surface area contributed by atoms with Crippen LogP contribution in [0.3, 0.4) is 0 Å². The molecule has 0 bridgehead atoms. The maximum absolute atomic E-state index is 4.19. The molecule has 2 heterocycles. The zero-order chi connectivity index (χ0) is 11.1. The van der Waals surface area contributed by atoms with Gasteiger partial charge in [-0.1, -0.05) is 0 Å². The summed E-state index contributed by atoms with van der Waals surface area (Å²) in [4.78, 5) is 12.2. The van der Waals surface area contributed by atoms with Crippen LogP contribution in [0.5, 0.6) is 0 Å². The highest BCUT2D eigenvalue weighted by Gasteiger charge is 1.93. The highest BCUT2D eigenvalue weighted by atomic mass is 15.0. The van der Waals surface area contributed by atoms with Gasteiger partial charge in [0.15, 0.2) is 0 Å². The normalized spacial score (nSPS) is 10.5. The van der Waals surface area contributed by atoms with E-state index in [1.54, 1.807) is 24.8 Å². The third-order valence-electron chi connectivity index (χ3n) is 2.25. The SMILES string of the molecule is c1cnc(CNCCCn2ccnc2)cn1. The van der Waals surface area contributed by atoms with Crippen LogP contribution < -0.4 is 5.32 Å². The van der Waals surface area contributed by atoms with Crippen LogP contribution in [0.4, 0.5) is 0 Å². The van der Waals surface area contributed by atoms with Crippen molar-refractivity contribution in [3.05, 3.63) is 43.0 Å². The molecular formula is C11H15N5. The van der Waals surface area contributed by atoms with E-state index in [0.717, 1.165) is 31.7 Å². The molecule has 0 aliphatic rings. The second-order valence-electron chi connectivity index (χ2n) is 3.53. The molecular weight excluding hydrogens is 202 g/mol. The van der Waals surface area contributed by atoms with Crippen LogP contribution in [-0.4, -0.2) is 26.1 Å². The van der Waals surface area contributed by atoms with Gasteiger partial charge in [-0.25, -0.2) is 4.98 Å². The summed E-state index contributed by atoms with van der Waals surface area (Å²) >= 11 is 0. The monoisotopic (exact) mass is 217 g/mol. The van der Waals surface area contributed by atoms with Gasteiger partial charge in [0, 0.05) is 44.1 Å². The minimum Gasteiger partial charge on any atom is -0.337 e. The number of imidazole rings is 1. The number of aromatic nitrogens is 4. The standard InChI is InChI=1S/C11H15N5/c1(6-16-7-5-14-10-16)2-12-8-11-9-13-3-4-15-11/h3-5,7,9-10,12H,1-2,6,8H2. The van der Waals surface area contributed by atoms with Crippen molar-refractivity contribution in [3.8, 4) is 0 Å². The topological polar surface area (TPSA) is 55.6 Å². The number of nitrogens with one attached hydrogen (secondary N) is 1. The maximum atomic E-state index is 4.19. The van der Waals surface area contributed by atoms with Crippen LogP contribution in [0.15, 0.2) is 37.3 Å². The van der Waals surface area contributed by atoms with Gasteiger partial charge in [-0.05, 0) is 13.0 Å². The maximum Gasteiger partial charge on any atom is 0.0945 e. The van der Waals surface area contributed by atoms with E-state index in [0.29, 0.717) is 0 Å². The van der Waals surface area contributed by atoms with Crippen molar-refractivity contribution in [1.29, 1.82) is 0 Å². The van der Waals surface area contributed by atoms with E-state index in [2.05, 4.69) is 24.8 Å². The van der Waals surface area contributed by atoms with Crippen LogP contribution in [-0.2, 0) is 13.1 Å². The predicted octanol–water partition coefficient (Wildman–Crippen LogP) is 0.853. The summed E-state index contributed by atoms with van der Waals surface area (Å²) in [6.45, 7) is 2.74. The van der Waals surface area contributed by atoms with Gasteiger partial charge in [0.25, 0.3) is 0 Å². The Morgan fingerprint density at radius 1 is 1.19 bits per heavy atom. The van der Waals surface area contributed by atoms with Gasteiger partial charge in [0.1, 0.15) is 0 Å². The number of nitrogens with zero attached hydrogens (tertiary/aromatic N) is 4. The lowest BCUT2D eigenvalue weighted by Crippen LogP contribution is -2.17. The Labute approximate surface area is 94.6 Å². The summed E-state index contributed by atoms with van der Waals surface area (Å²) in [7, 11) is 0. The lowest BCUT2D eigenvalue weighted by molar-refractivity contribution is 0.576. The number of aryl methyl sites for hydroxylation is 1. The largest absolute Gasteiger partial charge is 0.337 e. The third kappa shape index (κ3) is 3.43. The smallest absolute Gasteiger partial charge is 0.0945 e. The second kappa shape index (κ2) is 5.97. The fourth-order valence-corrected chi connectivity index (χ4v) is 1.44. The van der Waals surface area contributed by atoms with E-state index >= 15 is 0 Å². The van der Waals surface area contributed by atoms with Crippen LogP contribution in [0.2, 0.25) is 0 Å². The fourth-order valence-electron chi connectivity index (χ4n) is 1.44. The van der Waals surface area contributed by atoms with E-state index in [4.69, 9.17) is 0 Å². The van der Waals surface area contributed by atoms with E-state index in [9.17, 15) is 0 Å². The highest BCUT2D eigenvalue weighted by Crippen LogP contribution is 1.91. The Morgan fingerprint density at radius 2 is 2.19 bits per heavy atom. The Kier molecular flexibility index (Phi) is 4.01. The summed E-state index contributed by atoms with van der Waals surface area (Å²) in [5.74, 6) is 0. The van der Waals surface area contributed by atoms with Gasteiger partial charge in [0.05, 0.1) is 12.0 Å². The highest BCUT2D eigenvalue weighted by molar-refractivity contribution is 4.93. The molecule has 0 radical (unpaired) electrons. The van der Waals surface area contributed by atoms with Crippen molar-refractivity contribution in [2.75, 3.05) is 6.54 Å². The van der Waals surface area contributed by atoms with Gasteiger partial charge in [-0.15, -0.1) is 0 Å². The fraction of sp³-hybridized carbons (Fsp3) is 0.364. The average molecular weight is 217 g/mol. The van der Waals surface area contributed by atoms with Crippen LogP contribution in [0, 0.1) is 0 Å². The molecule has 2 aromatic heterocycles. The van der Waals surface area contributed by atoms with Crippen LogP contribution in [0.1, 0.15) is 12.1 Å².